The van der Waals surface area contributed by atoms with Crippen LogP contribution in [-0.4, -0.2) is 37.0 Å². The van der Waals surface area contributed by atoms with Gasteiger partial charge in [-0.25, -0.2) is 0 Å². The third-order valence-corrected chi connectivity index (χ3v) is 4.68. The number of likely N-dealkylation sites (N-methyl/N-ethyl adjacent to an activating group) is 1. The summed E-state index contributed by atoms with van der Waals surface area (Å²) >= 11 is 0. The Hall–Kier alpha value is -1.35. The highest BCUT2D eigenvalue weighted by atomic mass is 16.2. The summed E-state index contributed by atoms with van der Waals surface area (Å²) in [6.07, 6.45) is 1.08. The smallest absolute Gasteiger partial charge is 0.229 e. The molecule has 0 spiro atoms. The minimum atomic E-state index is 0.0579. The van der Waals surface area contributed by atoms with Crippen molar-refractivity contribution in [1.29, 1.82) is 0 Å². The van der Waals surface area contributed by atoms with Crippen molar-refractivity contribution < 1.29 is 4.79 Å². The van der Waals surface area contributed by atoms with Gasteiger partial charge in [0.1, 0.15) is 0 Å². The second kappa shape index (κ2) is 4.88. The minimum Gasteiger partial charge on any atom is -0.308 e. The van der Waals surface area contributed by atoms with Gasteiger partial charge in [0.05, 0.1) is 0 Å². The van der Waals surface area contributed by atoms with E-state index in [0.717, 1.165) is 25.2 Å². The maximum absolute atomic E-state index is 12.6. The first-order valence-corrected chi connectivity index (χ1v) is 7.61. The van der Waals surface area contributed by atoms with Crippen LogP contribution in [-0.2, 0) is 4.79 Å². The number of aryl methyl sites for hydroxylation is 1. The van der Waals surface area contributed by atoms with Crippen molar-refractivity contribution in [3.05, 3.63) is 29.3 Å². The van der Waals surface area contributed by atoms with E-state index in [1.165, 1.54) is 11.1 Å². The van der Waals surface area contributed by atoms with Gasteiger partial charge in [-0.05, 0) is 38.6 Å². The van der Waals surface area contributed by atoms with Crippen LogP contribution in [0.25, 0.3) is 0 Å². The number of amides is 1. The fourth-order valence-corrected chi connectivity index (χ4v) is 3.65. The lowest BCUT2D eigenvalue weighted by molar-refractivity contribution is -0.122. The van der Waals surface area contributed by atoms with Crippen molar-refractivity contribution in [2.45, 2.75) is 39.2 Å². The summed E-state index contributed by atoms with van der Waals surface area (Å²) in [6, 6.07) is 6.90. The Morgan fingerprint density at radius 2 is 2.10 bits per heavy atom. The van der Waals surface area contributed by atoms with E-state index in [0.29, 0.717) is 12.0 Å². The van der Waals surface area contributed by atoms with E-state index in [-0.39, 0.29) is 11.8 Å². The van der Waals surface area contributed by atoms with Crippen molar-refractivity contribution in [2.75, 3.05) is 25.0 Å². The van der Waals surface area contributed by atoms with Gasteiger partial charge in [0.2, 0.25) is 5.91 Å². The average molecular weight is 272 g/mol. The number of likely N-dealkylation sites (tertiary alicyclic amines) is 1. The standard InChI is InChI=1S/C17H24N2O/c1-11(2)17(20)19-15-6-5-12(3)9-13(15)14-10-18(4)8-7-16(14)19/h5-6,9,11,14,16H,7-8,10H2,1-4H3/t14-,16-/m1/s1. The monoisotopic (exact) mass is 272 g/mol. The molecule has 2 heterocycles. The van der Waals surface area contributed by atoms with Crippen LogP contribution in [0.5, 0.6) is 0 Å². The molecule has 1 amide bonds. The van der Waals surface area contributed by atoms with Gasteiger partial charge in [-0.3, -0.25) is 4.79 Å². The number of piperidine rings is 1. The van der Waals surface area contributed by atoms with Crippen LogP contribution in [0, 0.1) is 12.8 Å². The van der Waals surface area contributed by atoms with Gasteiger partial charge in [-0.2, -0.15) is 0 Å². The van der Waals surface area contributed by atoms with E-state index in [9.17, 15) is 4.79 Å². The quantitative estimate of drug-likeness (QED) is 0.785. The third kappa shape index (κ3) is 2.05. The topological polar surface area (TPSA) is 23.6 Å². The molecule has 3 rings (SSSR count). The highest BCUT2D eigenvalue weighted by Gasteiger charge is 2.44. The first kappa shape index (κ1) is 13.6. The molecule has 2 aliphatic heterocycles. The molecule has 2 aliphatic rings. The predicted octanol–water partition coefficient (Wildman–Crippen LogP) is 2.79. The predicted molar refractivity (Wildman–Crippen MR) is 82.1 cm³/mol. The van der Waals surface area contributed by atoms with Gasteiger partial charge in [0, 0.05) is 30.1 Å². The molecule has 0 unspecified atom stereocenters. The molecule has 20 heavy (non-hydrogen) atoms. The molecule has 3 heteroatoms. The van der Waals surface area contributed by atoms with Crippen LogP contribution in [0.2, 0.25) is 0 Å². The van der Waals surface area contributed by atoms with Gasteiger partial charge < -0.3 is 9.80 Å². The summed E-state index contributed by atoms with van der Waals surface area (Å²) < 4.78 is 0. The van der Waals surface area contributed by atoms with Crippen LogP contribution in [0.4, 0.5) is 5.69 Å². The molecule has 0 aliphatic carbocycles. The van der Waals surface area contributed by atoms with E-state index in [1.54, 1.807) is 0 Å². The van der Waals surface area contributed by atoms with Crippen molar-refractivity contribution in [2.24, 2.45) is 5.92 Å². The van der Waals surface area contributed by atoms with Gasteiger partial charge in [-0.15, -0.1) is 0 Å². The molecule has 3 nitrogen and oxygen atoms in total. The number of carbonyl (C=O) groups excluding carboxylic acids is 1. The second-order valence-electron chi connectivity index (χ2n) is 6.65. The molecule has 0 N–H and O–H groups in total. The maximum Gasteiger partial charge on any atom is 0.229 e. The SMILES string of the molecule is Cc1ccc2c(c1)[C@H]1CN(C)CC[C@H]1N2C(=O)C(C)C. The van der Waals surface area contributed by atoms with Gasteiger partial charge in [0.15, 0.2) is 0 Å². The first-order chi connectivity index (χ1) is 9.49. The molecule has 1 saturated heterocycles. The Kier molecular flexibility index (Phi) is 3.33. The Labute approximate surface area is 121 Å². The van der Waals surface area contributed by atoms with E-state index < -0.39 is 0 Å². The van der Waals surface area contributed by atoms with E-state index in [2.05, 4.69) is 42.0 Å². The molecular formula is C17H24N2O. The van der Waals surface area contributed by atoms with E-state index >= 15 is 0 Å². The summed E-state index contributed by atoms with van der Waals surface area (Å²) in [4.78, 5) is 17.1. The van der Waals surface area contributed by atoms with E-state index in [4.69, 9.17) is 0 Å². The van der Waals surface area contributed by atoms with Gasteiger partial charge >= 0.3 is 0 Å². The van der Waals surface area contributed by atoms with Crippen molar-refractivity contribution in [3.8, 4) is 0 Å². The van der Waals surface area contributed by atoms with Crippen molar-refractivity contribution >= 4 is 11.6 Å². The number of benzene rings is 1. The normalized spacial score (nSPS) is 25.8. The fourth-order valence-electron chi connectivity index (χ4n) is 3.65. The molecule has 0 aromatic heterocycles. The van der Waals surface area contributed by atoms with Crippen LogP contribution >= 0.6 is 0 Å². The third-order valence-electron chi connectivity index (χ3n) is 4.68. The van der Waals surface area contributed by atoms with Crippen LogP contribution in [0.3, 0.4) is 0 Å². The maximum atomic E-state index is 12.6. The Balaban J connectivity index is 2.06. The molecule has 0 bridgehead atoms. The fraction of sp³-hybridized carbons (Fsp3) is 0.588. The summed E-state index contributed by atoms with van der Waals surface area (Å²) in [7, 11) is 2.18. The minimum absolute atomic E-state index is 0.0579. The lowest BCUT2D eigenvalue weighted by atomic mass is 9.88. The molecule has 1 aromatic carbocycles. The zero-order valence-electron chi connectivity index (χ0n) is 12.9. The Morgan fingerprint density at radius 1 is 1.35 bits per heavy atom. The largest absolute Gasteiger partial charge is 0.308 e. The number of hydrogen-bond donors (Lipinski definition) is 0. The summed E-state index contributed by atoms with van der Waals surface area (Å²) in [5.41, 5.74) is 3.81. The lowest BCUT2D eigenvalue weighted by Gasteiger charge is -2.37. The summed E-state index contributed by atoms with van der Waals surface area (Å²) in [5, 5.41) is 0. The molecule has 2 atom stereocenters. The number of anilines is 1. The zero-order chi connectivity index (χ0) is 14.4. The first-order valence-electron chi connectivity index (χ1n) is 7.61. The molecule has 1 fully saturated rings. The van der Waals surface area contributed by atoms with Crippen LogP contribution < -0.4 is 4.90 Å². The number of hydrogen-bond acceptors (Lipinski definition) is 2. The van der Waals surface area contributed by atoms with Crippen LogP contribution in [0.15, 0.2) is 18.2 Å². The number of rotatable bonds is 1. The van der Waals surface area contributed by atoms with Crippen LogP contribution in [0.1, 0.15) is 37.3 Å². The highest BCUT2D eigenvalue weighted by molar-refractivity contribution is 5.98. The van der Waals surface area contributed by atoms with Crippen molar-refractivity contribution in [3.63, 3.8) is 0 Å². The summed E-state index contributed by atoms with van der Waals surface area (Å²) in [6.45, 7) is 8.27. The molecule has 0 radical (unpaired) electrons. The second-order valence-corrected chi connectivity index (χ2v) is 6.65. The Bertz CT molecular complexity index is 538. The number of carbonyl (C=O) groups is 1. The highest BCUT2D eigenvalue weighted by Crippen LogP contribution is 2.45. The number of nitrogens with zero attached hydrogens (tertiary/aromatic N) is 2. The molecule has 0 saturated carbocycles. The van der Waals surface area contributed by atoms with E-state index in [1.807, 2.05) is 13.8 Å². The zero-order valence-corrected chi connectivity index (χ0v) is 12.9. The molecular weight excluding hydrogens is 248 g/mol. The molecule has 1 aromatic rings. The summed E-state index contributed by atoms with van der Waals surface area (Å²) in [5.74, 6) is 0.807. The van der Waals surface area contributed by atoms with Gasteiger partial charge in [-0.1, -0.05) is 31.5 Å². The van der Waals surface area contributed by atoms with Crippen molar-refractivity contribution in [1.82, 2.24) is 4.90 Å². The lowest BCUT2D eigenvalue weighted by Crippen LogP contribution is -2.48. The number of fused-ring (bicyclic) bond motifs is 3. The van der Waals surface area contributed by atoms with Gasteiger partial charge in [0.25, 0.3) is 0 Å². The Morgan fingerprint density at radius 3 is 2.80 bits per heavy atom. The molecule has 108 valence electrons. The average Bonchev–Trinajstić information content (AvgIpc) is 2.71.